The number of carbonyl (C=O) groups excluding carboxylic acids is 1. The molecule has 0 amide bonds. The van der Waals surface area contributed by atoms with E-state index in [4.69, 9.17) is 0 Å². The average molecular weight is 257 g/mol. The number of ether oxygens (including phenoxy) is 1. The summed E-state index contributed by atoms with van der Waals surface area (Å²) >= 11 is 0. The van der Waals surface area contributed by atoms with Gasteiger partial charge in [0.1, 0.15) is 0 Å². The average Bonchev–Trinajstić information content (AvgIpc) is 2.40. The van der Waals surface area contributed by atoms with Crippen molar-refractivity contribution in [1.29, 1.82) is 0 Å². The summed E-state index contributed by atoms with van der Waals surface area (Å²) < 4.78 is 31.2. The van der Waals surface area contributed by atoms with E-state index in [1.165, 1.54) is 7.11 Å². The Balaban J connectivity index is 2.02. The van der Waals surface area contributed by atoms with Gasteiger partial charge >= 0.3 is 5.97 Å². The number of piperidine rings is 1. The summed E-state index contributed by atoms with van der Waals surface area (Å²) in [6.07, 6.45) is 2.14. The van der Waals surface area contributed by atoms with Gasteiger partial charge in [-0.05, 0) is 0 Å². The molecule has 0 spiro atoms. The lowest BCUT2D eigenvalue weighted by molar-refractivity contribution is -0.156. The van der Waals surface area contributed by atoms with E-state index in [9.17, 15) is 13.6 Å². The van der Waals surface area contributed by atoms with E-state index in [-0.39, 0.29) is 25.9 Å². The number of esters is 1. The van der Waals surface area contributed by atoms with E-state index in [2.05, 4.69) is 14.7 Å². The first-order valence-electron chi connectivity index (χ1n) is 5.55. The van der Waals surface area contributed by atoms with Crippen molar-refractivity contribution in [2.24, 2.45) is 0 Å². The maximum absolute atomic E-state index is 14.1. The molecule has 0 bridgehead atoms. The van der Waals surface area contributed by atoms with Crippen LogP contribution in [0.15, 0.2) is 12.4 Å². The number of methoxy groups -OCH3 is 1. The molecule has 0 atom stereocenters. The van der Waals surface area contributed by atoms with Crippen LogP contribution in [-0.2, 0) is 9.53 Å². The minimum atomic E-state index is -1.94. The highest BCUT2D eigenvalue weighted by molar-refractivity contribution is 5.79. The fraction of sp³-hybridized carbons (Fsp3) is 0.545. The van der Waals surface area contributed by atoms with E-state index in [1.54, 1.807) is 4.90 Å². The van der Waals surface area contributed by atoms with Crippen LogP contribution >= 0.6 is 0 Å². The van der Waals surface area contributed by atoms with Crippen molar-refractivity contribution in [2.75, 3.05) is 25.1 Å². The Morgan fingerprint density at radius 1 is 1.39 bits per heavy atom. The summed E-state index contributed by atoms with van der Waals surface area (Å²) in [6.45, 7) is 0.578. The van der Waals surface area contributed by atoms with E-state index < -0.39 is 17.5 Å². The third-order valence-corrected chi connectivity index (χ3v) is 3.00. The fourth-order valence-electron chi connectivity index (χ4n) is 1.92. The number of rotatable bonds is 2. The molecule has 1 saturated heterocycles. The fourth-order valence-corrected chi connectivity index (χ4v) is 1.92. The zero-order valence-electron chi connectivity index (χ0n) is 9.90. The van der Waals surface area contributed by atoms with Gasteiger partial charge in [-0.25, -0.2) is 23.5 Å². The number of alkyl halides is 1. The second kappa shape index (κ2) is 4.83. The van der Waals surface area contributed by atoms with Crippen LogP contribution < -0.4 is 4.90 Å². The molecule has 98 valence electrons. The van der Waals surface area contributed by atoms with Gasteiger partial charge in [0.05, 0.1) is 19.5 Å². The van der Waals surface area contributed by atoms with E-state index in [0.29, 0.717) is 5.95 Å². The molecule has 1 aromatic heterocycles. The van der Waals surface area contributed by atoms with Crippen LogP contribution in [0.1, 0.15) is 12.8 Å². The maximum Gasteiger partial charge on any atom is 0.343 e. The molecule has 1 aliphatic heterocycles. The number of halogens is 2. The van der Waals surface area contributed by atoms with Crippen LogP contribution in [-0.4, -0.2) is 41.8 Å². The first kappa shape index (κ1) is 12.7. The minimum absolute atomic E-state index is 0.0143. The Hall–Kier alpha value is -1.79. The first-order chi connectivity index (χ1) is 8.55. The van der Waals surface area contributed by atoms with Crippen molar-refractivity contribution in [3.63, 3.8) is 0 Å². The Bertz CT molecular complexity index is 430. The molecule has 0 saturated carbocycles. The molecule has 7 heteroatoms. The van der Waals surface area contributed by atoms with Gasteiger partial charge in [0.25, 0.3) is 0 Å². The Labute approximate surface area is 103 Å². The summed E-state index contributed by atoms with van der Waals surface area (Å²) in [5.41, 5.74) is -1.94. The monoisotopic (exact) mass is 257 g/mol. The number of nitrogens with zero attached hydrogens (tertiary/aromatic N) is 3. The predicted octanol–water partition coefficient (Wildman–Crippen LogP) is 1.10. The summed E-state index contributed by atoms with van der Waals surface area (Å²) in [6, 6.07) is 0. The highest BCUT2D eigenvalue weighted by atomic mass is 19.1. The van der Waals surface area contributed by atoms with Crippen molar-refractivity contribution >= 4 is 11.9 Å². The molecule has 0 aliphatic carbocycles. The van der Waals surface area contributed by atoms with Gasteiger partial charge in [0.15, 0.2) is 5.82 Å². The van der Waals surface area contributed by atoms with Crippen LogP contribution in [0.4, 0.5) is 14.7 Å². The molecule has 0 N–H and O–H groups in total. The van der Waals surface area contributed by atoms with Gasteiger partial charge in [0, 0.05) is 25.9 Å². The molecule has 5 nitrogen and oxygen atoms in total. The van der Waals surface area contributed by atoms with Gasteiger partial charge in [0.2, 0.25) is 11.6 Å². The number of carbonyl (C=O) groups is 1. The molecule has 2 heterocycles. The SMILES string of the molecule is COC(=O)C1(F)CCN(c2ncc(F)cn2)CC1. The molecule has 2 rings (SSSR count). The zero-order valence-corrected chi connectivity index (χ0v) is 9.90. The Morgan fingerprint density at radius 3 is 2.44 bits per heavy atom. The van der Waals surface area contributed by atoms with Crippen LogP contribution in [0, 0.1) is 5.82 Å². The van der Waals surface area contributed by atoms with Gasteiger partial charge in [-0.1, -0.05) is 0 Å². The maximum atomic E-state index is 14.1. The molecular weight excluding hydrogens is 244 g/mol. The smallest absolute Gasteiger partial charge is 0.343 e. The third kappa shape index (κ3) is 2.39. The molecule has 0 aromatic carbocycles. The Morgan fingerprint density at radius 2 is 1.94 bits per heavy atom. The van der Waals surface area contributed by atoms with Crippen LogP contribution in [0.25, 0.3) is 0 Å². The van der Waals surface area contributed by atoms with Crippen molar-refractivity contribution < 1.29 is 18.3 Å². The molecule has 0 radical (unpaired) electrons. The van der Waals surface area contributed by atoms with Crippen molar-refractivity contribution in [3.05, 3.63) is 18.2 Å². The quantitative estimate of drug-likeness (QED) is 0.742. The molecular formula is C11H13F2N3O2. The minimum Gasteiger partial charge on any atom is -0.467 e. The van der Waals surface area contributed by atoms with E-state index >= 15 is 0 Å². The lowest BCUT2D eigenvalue weighted by Gasteiger charge is -2.34. The predicted molar refractivity (Wildman–Crippen MR) is 59.3 cm³/mol. The standard InChI is InChI=1S/C11H13F2N3O2/c1-18-9(17)11(13)2-4-16(5-3-11)10-14-6-8(12)7-15-10/h6-7H,2-5H2,1H3. The number of aromatic nitrogens is 2. The summed E-state index contributed by atoms with van der Waals surface area (Å²) in [4.78, 5) is 20.6. The van der Waals surface area contributed by atoms with Gasteiger partial charge < -0.3 is 9.64 Å². The number of hydrogen-bond donors (Lipinski definition) is 0. The molecule has 1 aliphatic rings. The molecule has 18 heavy (non-hydrogen) atoms. The van der Waals surface area contributed by atoms with Crippen LogP contribution in [0.2, 0.25) is 0 Å². The van der Waals surface area contributed by atoms with Crippen molar-refractivity contribution in [2.45, 2.75) is 18.5 Å². The molecule has 1 fully saturated rings. The number of anilines is 1. The lowest BCUT2D eigenvalue weighted by Crippen LogP contribution is -2.47. The second-order valence-electron chi connectivity index (χ2n) is 4.15. The lowest BCUT2D eigenvalue weighted by atomic mass is 9.93. The van der Waals surface area contributed by atoms with Crippen molar-refractivity contribution in [3.8, 4) is 0 Å². The highest BCUT2D eigenvalue weighted by Gasteiger charge is 2.43. The summed E-state index contributed by atoms with van der Waals surface area (Å²) in [5, 5.41) is 0. The highest BCUT2D eigenvalue weighted by Crippen LogP contribution is 2.29. The topological polar surface area (TPSA) is 55.3 Å². The first-order valence-corrected chi connectivity index (χ1v) is 5.55. The van der Waals surface area contributed by atoms with Crippen LogP contribution in [0.5, 0.6) is 0 Å². The third-order valence-electron chi connectivity index (χ3n) is 3.00. The van der Waals surface area contributed by atoms with E-state index in [0.717, 1.165) is 12.4 Å². The molecule has 1 aromatic rings. The van der Waals surface area contributed by atoms with Gasteiger partial charge in [-0.15, -0.1) is 0 Å². The largest absolute Gasteiger partial charge is 0.467 e. The van der Waals surface area contributed by atoms with Gasteiger partial charge in [-0.2, -0.15) is 0 Å². The summed E-state index contributed by atoms with van der Waals surface area (Å²) in [5.74, 6) is -1.03. The number of hydrogen-bond acceptors (Lipinski definition) is 5. The van der Waals surface area contributed by atoms with E-state index in [1.807, 2.05) is 0 Å². The van der Waals surface area contributed by atoms with Gasteiger partial charge in [-0.3, -0.25) is 0 Å². The zero-order chi connectivity index (χ0) is 13.2. The Kier molecular flexibility index (Phi) is 3.40. The normalized spacial score (nSPS) is 18.5. The van der Waals surface area contributed by atoms with Crippen LogP contribution in [0.3, 0.4) is 0 Å². The summed E-state index contributed by atoms with van der Waals surface area (Å²) in [7, 11) is 1.17. The van der Waals surface area contributed by atoms with Crippen molar-refractivity contribution in [1.82, 2.24) is 9.97 Å². The second-order valence-corrected chi connectivity index (χ2v) is 4.15. The molecule has 0 unspecified atom stereocenters.